The van der Waals surface area contributed by atoms with Crippen LogP contribution in [0.5, 0.6) is 0 Å². The van der Waals surface area contributed by atoms with Gasteiger partial charge in [0, 0.05) is 25.6 Å². The first-order valence-corrected chi connectivity index (χ1v) is 6.27. The van der Waals surface area contributed by atoms with E-state index < -0.39 is 11.6 Å². The highest BCUT2D eigenvalue weighted by atomic mass is 19.1. The van der Waals surface area contributed by atoms with Crippen LogP contribution in [0.4, 0.5) is 20.4 Å². The molecule has 1 unspecified atom stereocenters. The van der Waals surface area contributed by atoms with E-state index in [1.165, 1.54) is 6.92 Å². The number of benzene rings is 1. The molecule has 0 aliphatic carbocycles. The van der Waals surface area contributed by atoms with Gasteiger partial charge in [-0.2, -0.15) is 0 Å². The number of hydrogen-bond acceptors (Lipinski definition) is 3. The Bertz CT molecular complexity index is 598. The molecule has 2 rings (SSSR count). The lowest BCUT2D eigenvalue weighted by Crippen LogP contribution is -2.13. The van der Waals surface area contributed by atoms with Crippen LogP contribution in [0.15, 0.2) is 24.5 Å². The third-order valence-electron chi connectivity index (χ3n) is 3.05. The van der Waals surface area contributed by atoms with Crippen molar-refractivity contribution in [2.45, 2.75) is 19.9 Å². The van der Waals surface area contributed by atoms with Crippen LogP contribution in [0.25, 0.3) is 0 Å². The molecule has 0 saturated heterocycles. The first kappa shape index (κ1) is 14.5. The number of nitrogens with one attached hydrogen (secondary N) is 1. The molecule has 4 nitrogen and oxygen atoms in total. The molecule has 0 radical (unpaired) electrons. The highest BCUT2D eigenvalue weighted by molar-refractivity contribution is 5.55. The van der Waals surface area contributed by atoms with Crippen molar-refractivity contribution in [1.29, 1.82) is 0 Å². The van der Waals surface area contributed by atoms with Gasteiger partial charge in [0.2, 0.25) is 5.95 Å². The average Bonchev–Trinajstić information content (AvgIpc) is 2.84. The minimum absolute atomic E-state index is 0.0309. The molecule has 0 saturated carbocycles. The molecule has 1 atom stereocenters. The van der Waals surface area contributed by atoms with Crippen molar-refractivity contribution in [3.63, 3.8) is 0 Å². The van der Waals surface area contributed by atoms with E-state index in [-0.39, 0.29) is 17.3 Å². The van der Waals surface area contributed by atoms with Crippen LogP contribution in [0.3, 0.4) is 0 Å². The molecule has 0 aliphatic heterocycles. The van der Waals surface area contributed by atoms with E-state index in [0.717, 1.165) is 12.1 Å². The van der Waals surface area contributed by atoms with Gasteiger partial charge in [-0.25, -0.2) is 13.8 Å². The van der Waals surface area contributed by atoms with E-state index in [1.807, 2.05) is 6.92 Å². The second kappa shape index (κ2) is 6.00. The zero-order valence-electron chi connectivity index (χ0n) is 11.7. The lowest BCUT2D eigenvalue weighted by molar-refractivity contribution is 0.163. The minimum Gasteiger partial charge on any atom is -0.383 e. The van der Waals surface area contributed by atoms with Crippen molar-refractivity contribution in [3.8, 4) is 0 Å². The Labute approximate surface area is 116 Å². The summed E-state index contributed by atoms with van der Waals surface area (Å²) < 4.78 is 34.2. The van der Waals surface area contributed by atoms with E-state index in [0.29, 0.717) is 12.6 Å². The molecular weight excluding hydrogens is 264 g/mol. The monoisotopic (exact) mass is 281 g/mol. The van der Waals surface area contributed by atoms with E-state index in [4.69, 9.17) is 4.74 Å². The summed E-state index contributed by atoms with van der Waals surface area (Å²) >= 11 is 0. The van der Waals surface area contributed by atoms with Crippen LogP contribution < -0.4 is 5.32 Å². The van der Waals surface area contributed by atoms with Crippen molar-refractivity contribution >= 4 is 11.6 Å². The number of anilines is 2. The molecule has 1 heterocycles. The summed E-state index contributed by atoms with van der Waals surface area (Å²) in [5.74, 6) is -0.536. The molecule has 0 bridgehead atoms. The number of rotatable bonds is 5. The van der Waals surface area contributed by atoms with Crippen LogP contribution in [0, 0.1) is 18.6 Å². The maximum atomic E-state index is 13.8. The molecule has 0 aliphatic rings. The molecular formula is C14H17F2N3O. The fraction of sp³-hybridized carbons (Fsp3) is 0.357. The number of methoxy groups -OCH3 is 1. The zero-order valence-corrected chi connectivity index (χ0v) is 11.7. The Hall–Kier alpha value is -1.95. The number of nitrogens with zero attached hydrogens (tertiary/aromatic N) is 2. The molecule has 0 amide bonds. The molecule has 0 spiro atoms. The van der Waals surface area contributed by atoms with Gasteiger partial charge in [-0.1, -0.05) is 0 Å². The molecule has 6 heteroatoms. The Morgan fingerprint density at radius 2 is 2.10 bits per heavy atom. The third-order valence-corrected chi connectivity index (χ3v) is 3.05. The molecule has 20 heavy (non-hydrogen) atoms. The molecule has 1 aromatic heterocycles. The standard InChI is InChI=1S/C14H17F2N3O/c1-9-6-12(16)13(7-11(9)15)18-14-17-4-5-19(14)10(2)8-20-3/h4-7,10H,8H2,1-3H3,(H,17,18). The lowest BCUT2D eigenvalue weighted by atomic mass is 10.2. The van der Waals surface area contributed by atoms with Crippen molar-refractivity contribution in [3.05, 3.63) is 41.7 Å². The second-order valence-corrected chi connectivity index (χ2v) is 4.67. The molecule has 0 fully saturated rings. The highest BCUT2D eigenvalue weighted by Gasteiger charge is 2.13. The number of imidazole rings is 1. The van der Waals surface area contributed by atoms with E-state index >= 15 is 0 Å². The van der Waals surface area contributed by atoms with Gasteiger partial charge in [0.05, 0.1) is 18.3 Å². The largest absolute Gasteiger partial charge is 0.383 e. The predicted molar refractivity (Wildman–Crippen MR) is 73.2 cm³/mol. The van der Waals surface area contributed by atoms with Gasteiger partial charge >= 0.3 is 0 Å². The normalized spacial score (nSPS) is 12.4. The number of hydrogen-bond donors (Lipinski definition) is 1. The van der Waals surface area contributed by atoms with Crippen LogP contribution in [0.2, 0.25) is 0 Å². The minimum atomic E-state index is -0.516. The number of aromatic nitrogens is 2. The number of aryl methyl sites for hydroxylation is 1. The van der Waals surface area contributed by atoms with Crippen LogP contribution in [-0.2, 0) is 4.74 Å². The zero-order chi connectivity index (χ0) is 14.7. The summed E-state index contributed by atoms with van der Waals surface area (Å²) in [6, 6.07) is 2.32. The summed E-state index contributed by atoms with van der Waals surface area (Å²) in [4.78, 5) is 4.12. The molecule has 2 aromatic rings. The summed E-state index contributed by atoms with van der Waals surface area (Å²) in [5.41, 5.74) is 0.328. The van der Waals surface area contributed by atoms with E-state index in [9.17, 15) is 8.78 Å². The van der Waals surface area contributed by atoms with Crippen molar-refractivity contribution in [2.24, 2.45) is 0 Å². The fourth-order valence-electron chi connectivity index (χ4n) is 1.95. The summed E-state index contributed by atoms with van der Waals surface area (Å²) in [7, 11) is 1.61. The maximum Gasteiger partial charge on any atom is 0.207 e. The third kappa shape index (κ3) is 2.96. The molecule has 1 N–H and O–H groups in total. The van der Waals surface area contributed by atoms with Crippen LogP contribution in [0.1, 0.15) is 18.5 Å². The lowest BCUT2D eigenvalue weighted by Gasteiger charge is -2.16. The van der Waals surface area contributed by atoms with Crippen LogP contribution >= 0.6 is 0 Å². The predicted octanol–water partition coefficient (Wildman–Crippen LogP) is 3.42. The maximum absolute atomic E-state index is 13.8. The molecule has 1 aromatic carbocycles. The Kier molecular flexibility index (Phi) is 4.34. The first-order valence-electron chi connectivity index (χ1n) is 6.27. The highest BCUT2D eigenvalue weighted by Crippen LogP contribution is 2.23. The number of ether oxygens (including phenoxy) is 1. The Morgan fingerprint density at radius 1 is 1.35 bits per heavy atom. The van der Waals surface area contributed by atoms with Crippen molar-refractivity contribution in [2.75, 3.05) is 19.0 Å². The van der Waals surface area contributed by atoms with Gasteiger partial charge < -0.3 is 14.6 Å². The molecule has 108 valence electrons. The van der Waals surface area contributed by atoms with E-state index in [1.54, 1.807) is 24.1 Å². The SMILES string of the molecule is COCC(C)n1ccnc1Nc1cc(F)c(C)cc1F. The van der Waals surface area contributed by atoms with Gasteiger partial charge in [0.25, 0.3) is 0 Å². The van der Waals surface area contributed by atoms with Gasteiger partial charge in [-0.05, 0) is 25.5 Å². The number of halogens is 2. The van der Waals surface area contributed by atoms with Crippen LogP contribution in [-0.4, -0.2) is 23.3 Å². The second-order valence-electron chi connectivity index (χ2n) is 4.67. The Morgan fingerprint density at radius 3 is 2.80 bits per heavy atom. The van der Waals surface area contributed by atoms with Gasteiger partial charge in [0.1, 0.15) is 11.6 Å². The Balaban J connectivity index is 2.27. The van der Waals surface area contributed by atoms with Gasteiger partial charge in [-0.3, -0.25) is 0 Å². The van der Waals surface area contributed by atoms with Gasteiger partial charge in [0.15, 0.2) is 0 Å². The van der Waals surface area contributed by atoms with E-state index in [2.05, 4.69) is 10.3 Å². The first-order chi connectivity index (χ1) is 9.52. The van der Waals surface area contributed by atoms with Crippen molar-refractivity contribution in [1.82, 2.24) is 9.55 Å². The van der Waals surface area contributed by atoms with Crippen molar-refractivity contribution < 1.29 is 13.5 Å². The average molecular weight is 281 g/mol. The topological polar surface area (TPSA) is 39.1 Å². The smallest absolute Gasteiger partial charge is 0.207 e. The summed E-state index contributed by atoms with van der Waals surface area (Å²) in [5, 5.41) is 2.81. The summed E-state index contributed by atoms with van der Waals surface area (Å²) in [6.45, 7) is 3.96. The summed E-state index contributed by atoms with van der Waals surface area (Å²) in [6.07, 6.45) is 3.35. The van der Waals surface area contributed by atoms with Gasteiger partial charge in [-0.15, -0.1) is 0 Å². The fourth-order valence-corrected chi connectivity index (χ4v) is 1.95. The quantitative estimate of drug-likeness (QED) is 0.912.